The van der Waals surface area contributed by atoms with E-state index in [4.69, 9.17) is 9.52 Å². The molecule has 0 aromatic carbocycles. The number of anilines is 1. The first kappa shape index (κ1) is 17.8. The first-order valence-electron chi connectivity index (χ1n) is 10.2. The van der Waals surface area contributed by atoms with Crippen molar-refractivity contribution in [1.82, 2.24) is 34.8 Å². The number of pyridine rings is 2. The number of aromatic amines is 1. The fraction of sp³-hybridized carbons (Fsp3) is 0.227. The van der Waals surface area contributed by atoms with Crippen LogP contribution in [0, 0.1) is 13.8 Å². The number of H-pyrrole nitrogens is 1. The van der Waals surface area contributed by atoms with E-state index >= 15 is 0 Å². The fourth-order valence-electron chi connectivity index (χ4n) is 4.25. The van der Waals surface area contributed by atoms with Gasteiger partial charge in [0.2, 0.25) is 5.89 Å². The van der Waals surface area contributed by atoms with Crippen LogP contribution in [0.3, 0.4) is 0 Å². The quantitative estimate of drug-likeness (QED) is 0.485. The lowest BCUT2D eigenvalue weighted by Gasteiger charge is -2.32. The average Bonchev–Trinajstić information content (AvgIpc) is 3.52. The summed E-state index contributed by atoms with van der Waals surface area (Å²) in [5.74, 6) is 0.479. The Balaban J connectivity index is 1.46. The van der Waals surface area contributed by atoms with Crippen LogP contribution in [0.15, 0.2) is 53.6 Å². The Labute approximate surface area is 177 Å². The van der Waals surface area contributed by atoms with Gasteiger partial charge in [0.05, 0.1) is 23.2 Å². The maximum absolute atomic E-state index is 6.13. The van der Waals surface area contributed by atoms with Crippen molar-refractivity contribution in [2.24, 2.45) is 0 Å². The molecule has 0 unspecified atom stereocenters. The molecule has 0 amide bonds. The van der Waals surface area contributed by atoms with Gasteiger partial charge in [0.1, 0.15) is 6.04 Å². The number of hydrogen-bond acceptors (Lipinski definition) is 7. The molecule has 9 nitrogen and oxygen atoms in total. The van der Waals surface area contributed by atoms with Crippen molar-refractivity contribution in [2.75, 3.05) is 11.4 Å². The highest BCUT2D eigenvalue weighted by Crippen LogP contribution is 2.37. The molecular weight excluding hydrogens is 392 g/mol. The second kappa shape index (κ2) is 6.76. The molecule has 0 aliphatic carbocycles. The highest BCUT2D eigenvalue weighted by Gasteiger charge is 2.36. The van der Waals surface area contributed by atoms with Gasteiger partial charge in [-0.2, -0.15) is 5.10 Å². The molecule has 31 heavy (non-hydrogen) atoms. The molecule has 0 saturated carbocycles. The van der Waals surface area contributed by atoms with Gasteiger partial charge in [-0.3, -0.25) is 4.98 Å². The summed E-state index contributed by atoms with van der Waals surface area (Å²) in [6.45, 7) is 4.77. The molecule has 5 aromatic rings. The van der Waals surface area contributed by atoms with E-state index in [2.05, 4.69) is 49.1 Å². The van der Waals surface area contributed by atoms with Crippen LogP contribution in [0.1, 0.15) is 34.3 Å². The van der Waals surface area contributed by atoms with Crippen molar-refractivity contribution in [1.29, 1.82) is 0 Å². The van der Waals surface area contributed by atoms with Gasteiger partial charge >= 0.3 is 6.01 Å². The summed E-state index contributed by atoms with van der Waals surface area (Å²) in [7, 11) is 0. The Morgan fingerprint density at radius 2 is 2.10 bits per heavy atom. The van der Waals surface area contributed by atoms with Crippen molar-refractivity contribution in [3.63, 3.8) is 0 Å². The van der Waals surface area contributed by atoms with Gasteiger partial charge in [-0.15, -0.1) is 5.10 Å². The van der Waals surface area contributed by atoms with E-state index < -0.39 is 0 Å². The maximum Gasteiger partial charge on any atom is 0.319 e. The molecule has 0 spiro atoms. The predicted molar refractivity (Wildman–Crippen MR) is 114 cm³/mol. The van der Waals surface area contributed by atoms with Crippen molar-refractivity contribution in [2.45, 2.75) is 26.3 Å². The van der Waals surface area contributed by atoms with E-state index in [1.807, 2.05) is 29.8 Å². The Morgan fingerprint density at radius 1 is 1.16 bits per heavy atom. The lowest BCUT2D eigenvalue weighted by atomic mass is 10.00. The number of imidazole rings is 1. The third-order valence-electron chi connectivity index (χ3n) is 5.85. The minimum Gasteiger partial charge on any atom is -0.403 e. The zero-order valence-corrected chi connectivity index (χ0v) is 17.1. The zero-order chi connectivity index (χ0) is 20.9. The molecule has 6 rings (SSSR count). The van der Waals surface area contributed by atoms with Crippen LogP contribution >= 0.6 is 0 Å². The van der Waals surface area contributed by atoms with Gasteiger partial charge < -0.3 is 14.3 Å². The molecule has 5 aromatic heterocycles. The predicted octanol–water partition coefficient (Wildman–Crippen LogP) is 3.27. The summed E-state index contributed by atoms with van der Waals surface area (Å²) in [6.07, 6.45) is 8.02. The van der Waals surface area contributed by atoms with Crippen LogP contribution in [-0.4, -0.2) is 41.3 Å². The maximum atomic E-state index is 6.13. The van der Waals surface area contributed by atoms with Crippen molar-refractivity contribution in [3.8, 4) is 11.5 Å². The van der Waals surface area contributed by atoms with Gasteiger partial charge in [0.15, 0.2) is 0 Å². The highest BCUT2D eigenvalue weighted by molar-refractivity contribution is 5.59. The molecule has 0 fully saturated rings. The molecule has 1 N–H and O–H groups in total. The molecule has 9 heteroatoms. The summed E-state index contributed by atoms with van der Waals surface area (Å²) >= 11 is 0. The van der Waals surface area contributed by atoms with Gasteiger partial charge in [0, 0.05) is 42.8 Å². The number of aryl methyl sites for hydroxylation is 2. The third kappa shape index (κ3) is 2.81. The first-order chi connectivity index (χ1) is 15.2. The van der Waals surface area contributed by atoms with Gasteiger partial charge in [0.25, 0.3) is 0 Å². The average molecular weight is 412 g/mol. The molecule has 6 heterocycles. The number of nitrogens with one attached hydrogen (secondary N) is 1. The summed E-state index contributed by atoms with van der Waals surface area (Å²) < 4.78 is 8.04. The standard InChI is InChI=1S/C22H20N8O/c1-13-4-3-8-30-18(13)10-17(28-30)20-19-16(24-12-25-19)6-9-29(20)22-27-26-21(31-22)15-5-7-23-11-14(15)2/h3-5,7-8,10-12,20H,6,9H2,1-2H3,(H,24,25)/t20-/m0/s1. The smallest absolute Gasteiger partial charge is 0.319 e. The Bertz CT molecular complexity index is 1400. The van der Waals surface area contributed by atoms with E-state index in [0.717, 1.165) is 40.1 Å². The van der Waals surface area contributed by atoms with Crippen LogP contribution in [-0.2, 0) is 6.42 Å². The molecule has 1 aliphatic heterocycles. The fourth-order valence-corrected chi connectivity index (χ4v) is 4.25. The van der Waals surface area contributed by atoms with Crippen molar-refractivity contribution < 1.29 is 4.42 Å². The summed E-state index contributed by atoms with van der Waals surface area (Å²) in [5.41, 5.74) is 7.04. The topological polar surface area (TPSA) is 101 Å². The van der Waals surface area contributed by atoms with Crippen molar-refractivity contribution >= 4 is 11.5 Å². The second-order valence-corrected chi connectivity index (χ2v) is 7.78. The lowest BCUT2D eigenvalue weighted by Crippen LogP contribution is -2.36. The second-order valence-electron chi connectivity index (χ2n) is 7.78. The lowest BCUT2D eigenvalue weighted by molar-refractivity contribution is 0.503. The number of aromatic nitrogens is 7. The van der Waals surface area contributed by atoms with E-state index in [-0.39, 0.29) is 6.04 Å². The highest BCUT2D eigenvalue weighted by atomic mass is 16.4. The number of nitrogens with zero attached hydrogens (tertiary/aromatic N) is 7. The Morgan fingerprint density at radius 3 is 2.97 bits per heavy atom. The minimum absolute atomic E-state index is 0.221. The normalized spacial score (nSPS) is 16.1. The number of fused-ring (bicyclic) bond motifs is 2. The Hall–Kier alpha value is -4.01. The largest absolute Gasteiger partial charge is 0.403 e. The summed E-state index contributed by atoms with van der Waals surface area (Å²) in [4.78, 5) is 14.1. The molecule has 154 valence electrons. The number of rotatable bonds is 3. The molecule has 0 bridgehead atoms. The van der Waals surface area contributed by atoms with Crippen molar-refractivity contribution in [3.05, 3.63) is 77.4 Å². The molecule has 1 atom stereocenters. The van der Waals surface area contributed by atoms with Crippen LogP contribution in [0.5, 0.6) is 0 Å². The molecule has 0 radical (unpaired) electrons. The van der Waals surface area contributed by atoms with Gasteiger partial charge in [-0.05, 0) is 43.2 Å². The van der Waals surface area contributed by atoms with E-state index in [0.29, 0.717) is 18.5 Å². The van der Waals surface area contributed by atoms with Crippen LogP contribution in [0.2, 0.25) is 0 Å². The van der Waals surface area contributed by atoms with Crippen LogP contribution in [0.25, 0.3) is 17.0 Å². The molecular formula is C22H20N8O. The monoisotopic (exact) mass is 412 g/mol. The van der Waals surface area contributed by atoms with E-state index in [9.17, 15) is 0 Å². The summed E-state index contributed by atoms with van der Waals surface area (Å²) in [6, 6.07) is 8.32. The summed E-state index contributed by atoms with van der Waals surface area (Å²) in [5, 5.41) is 13.5. The minimum atomic E-state index is -0.221. The SMILES string of the molecule is Cc1cnccc1-c1nnc(N2CCc3[nH]cnc3[C@@H]2c2cc3c(C)cccn3n2)o1. The van der Waals surface area contributed by atoms with Crippen LogP contribution in [0.4, 0.5) is 6.01 Å². The molecule has 0 saturated heterocycles. The Kier molecular flexibility index (Phi) is 3.89. The third-order valence-corrected chi connectivity index (χ3v) is 5.85. The number of hydrogen-bond donors (Lipinski definition) is 1. The first-order valence-corrected chi connectivity index (χ1v) is 10.2. The van der Waals surface area contributed by atoms with Gasteiger partial charge in [-0.1, -0.05) is 11.2 Å². The van der Waals surface area contributed by atoms with Gasteiger partial charge in [-0.25, -0.2) is 9.50 Å². The van der Waals surface area contributed by atoms with E-state index in [1.54, 1.807) is 18.7 Å². The zero-order valence-electron chi connectivity index (χ0n) is 17.1. The van der Waals surface area contributed by atoms with E-state index in [1.165, 1.54) is 5.56 Å². The van der Waals surface area contributed by atoms with Crippen LogP contribution < -0.4 is 4.90 Å². The molecule has 1 aliphatic rings.